The van der Waals surface area contributed by atoms with Crippen LogP contribution in [0.4, 0.5) is 0 Å². The average Bonchev–Trinajstić information content (AvgIpc) is 2.83. The molecule has 0 atom stereocenters. The molecule has 0 bridgehead atoms. The fourth-order valence-corrected chi connectivity index (χ4v) is 2.75. The first-order valence-electron chi connectivity index (χ1n) is 7.85. The van der Waals surface area contributed by atoms with E-state index < -0.39 is 0 Å². The predicted octanol–water partition coefficient (Wildman–Crippen LogP) is 3.15. The van der Waals surface area contributed by atoms with Crippen molar-refractivity contribution in [2.45, 2.75) is 32.7 Å². The van der Waals surface area contributed by atoms with Gasteiger partial charge in [-0.3, -0.25) is 9.79 Å². The molecule has 0 unspecified atom stereocenters. The summed E-state index contributed by atoms with van der Waals surface area (Å²) in [6.07, 6.45) is 4.16. The maximum absolute atomic E-state index is 11.1. The van der Waals surface area contributed by atoms with Gasteiger partial charge in [0.2, 0.25) is 0 Å². The molecular formula is C16H28BrIN4O2. The Labute approximate surface area is 170 Å². The van der Waals surface area contributed by atoms with Gasteiger partial charge in [-0.15, -0.1) is 24.0 Å². The number of esters is 1. The molecule has 6 nitrogen and oxygen atoms in total. The van der Waals surface area contributed by atoms with Crippen LogP contribution in [0.15, 0.2) is 21.7 Å². The summed E-state index contributed by atoms with van der Waals surface area (Å²) in [5.41, 5.74) is 1.20. The molecule has 0 saturated carbocycles. The molecule has 0 radical (unpaired) electrons. The number of nitrogens with one attached hydrogen (secondary N) is 1. The zero-order chi connectivity index (χ0) is 17.2. The van der Waals surface area contributed by atoms with Crippen molar-refractivity contribution in [3.63, 3.8) is 0 Å². The van der Waals surface area contributed by atoms with Crippen molar-refractivity contribution >= 4 is 51.8 Å². The highest BCUT2D eigenvalue weighted by molar-refractivity contribution is 14.0. The number of aryl methyl sites for hydroxylation is 1. The van der Waals surface area contributed by atoms with Crippen LogP contribution in [0.2, 0.25) is 0 Å². The zero-order valence-electron chi connectivity index (χ0n) is 14.8. The lowest BCUT2D eigenvalue weighted by atomic mass is 10.2. The fourth-order valence-electron chi connectivity index (χ4n) is 2.18. The topological polar surface area (TPSA) is 58.9 Å². The van der Waals surface area contributed by atoms with Gasteiger partial charge in [0.05, 0.1) is 13.7 Å². The fraction of sp³-hybridized carbons (Fsp3) is 0.625. The van der Waals surface area contributed by atoms with Crippen LogP contribution >= 0.6 is 39.9 Å². The summed E-state index contributed by atoms with van der Waals surface area (Å²) in [7, 11) is 5.47. The highest BCUT2D eigenvalue weighted by Gasteiger charge is 2.09. The highest BCUT2D eigenvalue weighted by atomic mass is 127. The SMILES string of the molecule is CCNC(=NCCCCC(=O)OC)N(C)Cc1cc(Br)cn1C.I. The van der Waals surface area contributed by atoms with Crippen LogP contribution in [0.1, 0.15) is 31.9 Å². The molecule has 1 aromatic heterocycles. The van der Waals surface area contributed by atoms with Crippen molar-refractivity contribution < 1.29 is 9.53 Å². The van der Waals surface area contributed by atoms with Crippen molar-refractivity contribution in [2.75, 3.05) is 27.2 Å². The minimum Gasteiger partial charge on any atom is -0.469 e. The molecule has 1 N–H and O–H groups in total. The van der Waals surface area contributed by atoms with Gasteiger partial charge in [-0.2, -0.15) is 0 Å². The summed E-state index contributed by atoms with van der Waals surface area (Å²) >= 11 is 3.49. The number of hydrogen-bond acceptors (Lipinski definition) is 3. The Balaban J connectivity index is 0.00000529. The number of carbonyl (C=O) groups is 1. The van der Waals surface area contributed by atoms with Crippen molar-refractivity contribution in [2.24, 2.45) is 12.0 Å². The van der Waals surface area contributed by atoms with Crippen LogP contribution in [-0.4, -0.2) is 48.6 Å². The normalized spacial score (nSPS) is 11.0. The molecule has 138 valence electrons. The Morgan fingerprint density at radius 1 is 1.46 bits per heavy atom. The average molecular weight is 515 g/mol. The summed E-state index contributed by atoms with van der Waals surface area (Å²) in [5, 5.41) is 3.30. The van der Waals surface area contributed by atoms with Gasteiger partial charge < -0.3 is 19.5 Å². The van der Waals surface area contributed by atoms with Crippen LogP contribution in [-0.2, 0) is 23.1 Å². The van der Waals surface area contributed by atoms with Crippen molar-refractivity contribution in [1.82, 2.24) is 14.8 Å². The summed E-state index contributed by atoms with van der Waals surface area (Å²) in [4.78, 5) is 17.8. The molecule has 0 amide bonds. The molecule has 1 rings (SSSR count). The van der Waals surface area contributed by atoms with Gasteiger partial charge in [0, 0.05) is 50.0 Å². The Bertz CT molecular complexity index is 534. The molecule has 1 aromatic rings. The number of rotatable bonds is 8. The second kappa shape index (κ2) is 12.6. The van der Waals surface area contributed by atoms with Gasteiger partial charge in [0.25, 0.3) is 0 Å². The predicted molar refractivity (Wildman–Crippen MR) is 112 cm³/mol. The van der Waals surface area contributed by atoms with E-state index in [-0.39, 0.29) is 29.9 Å². The third kappa shape index (κ3) is 8.36. The monoisotopic (exact) mass is 514 g/mol. The number of unbranched alkanes of at least 4 members (excludes halogenated alkanes) is 1. The molecule has 0 aliphatic carbocycles. The molecule has 0 saturated heterocycles. The van der Waals surface area contributed by atoms with Crippen molar-refractivity contribution in [3.8, 4) is 0 Å². The molecule has 24 heavy (non-hydrogen) atoms. The number of aliphatic imine (C=N–C) groups is 1. The van der Waals surface area contributed by atoms with E-state index in [1.165, 1.54) is 12.8 Å². The lowest BCUT2D eigenvalue weighted by Crippen LogP contribution is -2.38. The lowest BCUT2D eigenvalue weighted by Gasteiger charge is -2.22. The Morgan fingerprint density at radius 3 is 2.71 bits per heavy atom. The number of nitrogens with zero attached hydrogens (tertiary/aromatic N) is 3. The van der Waals surface area contributed by atoms with Crippen LogP contribution in [0, 0.1) is 0 Å². The minimum atomic E-state index is -0.160. The van der Waals surface area contributed by atoms with Gasteiger partial charge in [0.15, 0.2) is 5.96 Å². The maximum Gasteiger partial charge on any atom is 0.305 e. The standard InChI is InChI=1S/C16H27BrN4O2.HI/c1-5-18-16(19-9-7-6-8-15(22)23-4)21(3)12-14-10-13(17)11-20(14)2;/h10-11H,5-9,12H2,1-4H3,(H,18,19);1H. The van der Waals surface area contributed by atoms with E-state index in [0.29, 0.717) is 13.0 Å². The first kappa shape index (κ1) is 23.2. The number of hydrogen-bond donors (Lipinski definition) is 1. The second-order valence-corrected chi connectivity index (χ2v) is 6.30. The van der Waals surface area contributed by atoms with E-state index >= 15 is 0 Å². The smallest absolute Gasteiger partial charge is 0.305 e. The van der Waals surface area contributed by atoms with E-state index in [0.717, 1.165) is 36.4 Å². The van der Waals surface area contributed by atoms with Crippen LogP contribution in [0.3, 0.4) is 0 Å². The van der Waals surface area contributed by atoms with Crippen LogP contribution < -0.4 is 5.32 Å². The van der Waals surface area contributed by atoms with Gasteiger partial charge in [-0.25, -0.2) is 0 Å². The number of ether oxygens (including phenoxy) is 1. The number of carbonyl (C=O) groups excluding carboxylic acids is 1. The summed E-state index contributed by atoms with van der Waals surface area (Å²) in [5.74, 6) is 0.718. The van der Waals surface area contributed by atoms with E-state index in [1.54, 1.807) is 0 Å². The highest BCUT2D eigenvalue weighted by Crippen LogP contribution is 2.15. The largest absolute Gasteiger partial charge is 0.469 e. The number of methoxy groups -OCH3 is 1. The van der Waals surface area contributed by atoms with E-state index in [4.69, 9.17) is 0 Å². The van der Waals surface area contributed by atoms with Gasteiger partial charge in [-0.1, -0.05) is 0 Å². The first-order valence-corrected chi connectivity index (χ1v) is 8.64. The molecule has 0 aromatic carbocycles. The molecule has 1 heterocycles. The van der Waals surface area contributed by atoms with Gasteiger partial charge >= 0.3 is 5.97 Å². The quantitative estimate of drug-likeness (QED) is 0.190. The molecular weight excluding hydrogens is 487 g/mol. The Kier molecular flexibility index (Phi) is 12.2. The van der Waals surface area contributed by atoms with Gasteiger partial charge in [-0.05, 0) is 41.8 Å². The second-order valence-electron chi connectivity index (χ2n) is 5.39. The van der Waals surface area contributed by atoms with Crippen molar-refractivity contribution in [1.29, 1.82) is 0 Å². The third-order valence-electron chi connectivity index (χ3n) is 3.45. The first-order chi connectivity index (χ1) is 11.0. The number of guanidine groups is 1. The van der Waals surface area contributed by atoms with Gasteiger partial charge in [0.1, 0.15) is 0 Å². The van der Waals surface area contributed by atoms with Crippen LogP contribution in [0.25, 0.3) is 0 Å². The van der Waals surface area contributed by atoms with E-state index in [2.05, 4.69) is 53.4 Å². The molecule has 0 aliphatic rings. The summed E-state index contributed by atoms with van der Waals surface area (Å²) in [6.45, 7) is 4.35. The van der Waals surface area contributed by atoms with Crippen LogP contribution in [0.5, 0.6) is 0 Å². The lowest BCUT2D eigenvalue weighted by molar-refractivity contribution is -0.140. The molecule has 8 heteroatoms. The maximum atomic E-state index is 11.1. The summed E-state index contributed by atoms with van der Waals surface area (Å²) in [6, 6.07) is 2.11. The third-order valence-corrected chi connectivity index (χ3v) is 3.88. The number of aromatic nitrogens is 1. The molecule has 0 fully saturated rings. The Morgan fingerprint density at radius 2 is 2.17 bits per heavy atom. The number of halogens is 2. The molecule has 0 spiro atoms. The van der Waals surface area contributed by atoms with E-state index in [1.807, 2.05) is 20.3 Å². The molecule has 0 aliphatic heterocycles. The minimum absolute atomic E-state index is 0. The Hall–Kier alpha value is -0.770. The summed E-state index contributed by atoms with van der Waals surface area (Å²) < 4.78 is 7.81. The van der Waals surface area contributed by atoms with E-state index in [9.17, 15) is 4.79 Å². The van der Waals surface area contributed by atoms with Crippen molar-refractivity contribution in [3.05, 3.63) is 22.4 Å². The zero-order valence-corrected chi connectivity index (χ0v) is 18.8.